The third-order valence-electron chi connectivity index (χ3n) is 2.72. The van der Waals surface area contributed by atoms with Gasteiger partial charge < -0.3 is 5.32 Å². The summed E-state index contributed by atoms with van der Waals surface area (Å²) in [7, 11) is 0. The number of hydrogen-bond donors (Lipinski definition) is 1. The molecule has 92 valence electrons. The van der Waals surface area contributed by atoms with Crippen LogP contribution < -0.4 is 5.32 Å². The van der Waals surface area contributed by atoms with Crippen molar-refractivity contribution in [3.8, 4) is 6.07 Å². The average Bonchev–Trinajstić information content (AvgIpc) is 2.85. The van der Waals surface area contributed by atoms with Gasteiger partial charge in [0.1, 0.15) is 10.9 Å². The summed E-state index contributed by atoms with van der Waals surface area (Å²) in [6.45, 7) is 2.89. The average molecular weight is 277 g/mol. The van der Waals surface area contributed by atoms with Crippen molar-refractivity contribution >= 4 is 22.9 Å². The highest BCUT2D eigenvalue weighted by atomic mass is 35.5. The minimum absolute atomic E-state index is 0.259. The summed E-state index contributed by atoms with van der Waals surface area (Å²) in [5.41, 5.74) is 1.21. The monoisotopic (exact) mass is 276 g/mol. The number of benzene rings is 1. The molecule has 0 amide bonds. The van der Waals surface area contributed by atoms with E-state index in [0.717, 1.165) is 16.4 Å². The van der Waals surface area contributed by atoms with Crippen LogP contribution in [0.15, 0.2) is 36.4 Å². The maximum Gasteiger partial charge on any atom is 0.110 e. The van der Waals surface area contributed by atoms with Crippen LogP contribution >= 0.6 is 22.9 Å². The highest BCUT2D eigenvalue weighted by molar-refractivity contribution is 7.12. The van der Waals surface area contributed by atoms with Gasteiger partial charge in [0.05, 0.1) is 0 Å². The maximum absolute atomic E-state index is 8.76. The fourth-order valence-electron chi connectivity index (χ4n) is 1.66. The fraction of sp³-hybridized carbons (Fsp3) is 0.214. The van der Waals surface area contributed by atoms with E-state index in [-0.39, 0.29) is 6.04 Å². The summed E-state index contributed by atoms with van der Waals surface area (Å²) in [5, 5.41) is 12.9. The summed E-state index contributed by atoms with van der Waals surface area (Å²) < 4.78 is 0. The van der Waals surface area contributed by atoms with Gasteiger partial charge in [0.15, 0.2) is 0 Å². The number of halogens is 1. The Morgan fingerprint density at radius 1 is 1.28 bits per heavy atom. The largest absolute Gasteiger partial charge is 0.305 e. The number of nitrogens with one attached hydrogen (secondary N) is 1. The Morgan fingerprint density at radius 2 is 2.00 bits per heavy atom. The second kappa shape index (κ2) is 6.01. The van der Waals surface area contributed by atoms with Gasteiger partial charge in [-0.15, -0.1) is 11.3 Å². The van der Waals surface area contributed by atoms with Gasteiger partial charge in [0.25, 0.3) is 0 Å². The number of hydrogen-bond acceptors (Lipinski definition) is 3. The van der Waals surface area contributed by atoms with Crippen molar-refractivity contribution in [1.29, 1.82) is 5.26 Å². The van der Waals surface area contributed by atoms with Gasteiger partial charge >= 0.3 is 0 Å². The van der Waals surface area contributed by atoms with Crippen molar-refractivity contribution in [3.05, 3.63) is 56.7 Å². The van der Waals surface area contributed by atoms with Gasteiger partial charge in [-0.2, -0.15) is 5.26 Å². The number of thiophene rings is 1. The van der Waals surface area contributed by atoms with Crippen molar-refractivity contribution in [2.75, 3.05) is 0 Å². The molecule has 0 radical (unpaired) electrons. The summed E-state index contributed by atoms with van der Waals surface area (Å²) in [5.74, 6) is 0. The van der Waals surface area contributed by atoms with E-state index in [1.54, 1.807) is 0 Å². The minimum Gasteiger partial charge on any atom is -0.305 e. The molecule has 0 aliphatic heterocycles. The minimum atomic E-state index is 0.259. The number of nitriles is 1. The van der Waals surface area contributed by atoms with Crippen LogP contribution in [0.25, 0.3) is 0 Å². The first-order valence-corrected chi connectivity index (χ1v) is 6.86. The smallest absolute Gasteiger partial charge is 0.110 e. The lowest BCUT2D eigenvalue weighted by Gasteiger charge is -2.13. The predicted octanol–water partition coefficient (Wildman–Crippen LogP) is 4.12. The van der Waals surface area contributed by atoms with Crippen LogP contribution in [-0.2, 0) is 6.54 Å². The van der Waals surface area contributed by atoms with Crippen molar-refractivity contribution < 1.29 is 0 Å². The van der Waals surface area contributed by atoms with Crippen LogP contribution in [0.1, 0.15) is 28.3 Å². The molecule has 0 saturated heterocycles. The molecule has 0 saturated carbocycles. The third-order valence-corrected chi connectivity index (χ3v) is 3.97. The van der Waals surface area contributed by atoms with Gasteiger partial charge in [0.2, 0.25) is 0 Å². The summed E-state index contributed by atoms with van der Waals surface area (Å²) in [6, 6.07) is 14.1. The predicted molar refractivity (Wildman–Crippen MR) is 75.7 cm³/mol. The molecule has 2 nitrogen and oxygen atoms in total. The zero-order chi connectivity index (χ0) is 13.0. The van der Waals surface area contributed by atoms with E-state index in [1.807, 2.05) is 36.4 Å². The maximum atomic E-state index is 8.76. The summed E-state index contributed by atoms with van der Waals surface area (Å²) in [6.07, 6.45) is 0. The van der Waals surface area contributed by atoms with Crippen LogP contribution in [-0.4, -0.2) is 0 Å². The van der Waals surface area contributed by atoms with Crippen molar-refractivity contribution in [2.45, 2.75) is 19.5 Å². The first-order valence-electron chi connectivity index (χ1n) is 5.66. The molecular formula is C14H13ClN2S. The molecule has 2 aromatic rings. The summed E-state index contributed by atoms with van der Waals surface area (Å²) in [4.78, 5) is 1.93. The molecule has 1 N–H and O–H groups in total. The molecule has 0 aliphatic rings. The second-order valence-corrected chi connectivity index (χ2v) is 5.64. The first kappa shape index (κ1) is 13.1. The van der Waals surface area contributed by atoms with E-state index in [4.69, 9.17) is 16.9 Å². The van der Waals surface area contributed by atoms with E-state index < -0.39 is 0 Å². The Labute approximate surface area is 116 Å². The first-order chi connectivity index (χ1) is 8.69. The van der Waals surface area contributed by atoms with E-state index >= 15 is 0 Å². The van der Waals surface area contributed by atoms with Crippen LogP contribution in [0.4, 0.5) is 0 Å². The molecule has 1 atom stereocenters. The molecule has 4 heteroatoms. The lowest BCUT2D eigenvalue weighted by molar-refractivity contribution is 0.579. The molecule has 1 aromatic heterocycles. The standard InChI is InChI=1S/C14H13ClN2S/c1-10(11-2-4-12(15)5-3-11)17-9-14-7-6-13(8-16)18-14/h2-7,10,17H,9H2,1H3/t10-/m0/s1. The zero-order valence-electron chi connectivity index (χ0n) is 9.98. The molecular weight excluding hydrogens is 264 g/mol. The molecule has 1 aromatic carbocycles. The fourth-order valence-corrected chi connectivity index (χ4v) is 2.54. The van der Waals surface area contributed by atoms with E-state index in [1.165, 1.54) is 21.8 Å². The lowest BCUT2D eigenvalue weighted by atomic mass is 10.1. The highest BCUT2D eigenvalue weighted by Gasteiger charge is 2.06. The van der Waals surface area contributed by atoms with E-state index in [0.29, 0.717) is 0 Å². The normalized spacial score (nSPS) is 12.1. The van der Waals surface area contributed by atoms with Gasteiger partial charge in [0, 0.05) is 22.5 Å². The quantitative estimate of drug-likeness (QED) is 0.912. The van der Waals surface area contributed by atoms with Crippen molar-refractivity contribution in [2.24, 2.45) is 0 Å². The molecule has 0 unspecified atom stereocenters. The van der Waals surface area contributed by atoms with Crippen molar-refractivity contribution in [3.63, 3.8) is 0 Å². The summed E-state index contributed by atoms with van der Waals surface area (Å²) >= 11 is 7.39. The van der Waals surface area contributed by atoms with E-state index in [9.17, 15) is 0 Å². The topological polar surface area (TPSA) is 35.8 Å². The molecule has 0 spiro atoms. The highest BCUT2D eigenvalue weighted by Crippen LogP contribution is 2.19. The number of nitrogens with zero attached hydrogens (tertiary/aromatic N) is 1. The Morgan fingerprint density at radius 3 is 2.61 bits per heavy atom. The second-order valence-electron chi connectivity index (χ2n) is 4.03. The molecule has 0 aliphatic carbocycles. The van der Waals surface area contributed by atoms with Crippen LogP contribution in [0.5, 0.6) is 0 Å². The zero-order valence-corrected chi connectivity index (χ0v) is 11.6. The van der Waals surface area contributed by atoms with Gasteiger partial charge in [-0.1, -0.05) is 23.7 Å². The molecule has 1 heterocycles. The van der Waals surface area contributed by atoms with Crippen LogP contribution in [0, 0.1) is 11.3 Å². The number of rotatable bonds is 4. The van der Waals surface area contributed by atoms with E-state index in [2.05, 4.69) is 18.3 Å². The van der Waals surface area contributed by atoms with Gasteiger partial charge in [-0.05, 0) is 36.8 Å². The van der Waals surface area contributed by atoms with Crippen LogP contribution in [0.3, 0.4) is 0 Å². The Kier molecular flexibility index (Phi) is 4.38. The van der Waals surface area contributed by atoms with Crippen molar-refractivity contribution in [1.82, 2.24) is 5.32 Å². The molecule has 2 rings (SSSR count). The Balaban J connectivity index is 1.94. The molecule has 0 bridgehead atoms. The Bertz CT molecular complexity index is 554. The van der Waals surface area contributed by atoms with Gasteiger partial charge in [-0.3, -0.25) is 0 Å². The van der Waals surface area contributed by atoms with Gasteiger partial charge in [-0.25, -0.2) is 0 Å². The third kappa shape index (κ3) is 3.33. The molecule has 0 fully saturated rings. The Hall–Kier alpha value is -1.34. The van der Waals surface area contributed by atoms with Crippen LogP contribution in [0.2, 0.25) is 5.02 Å². The SMILES string of the molecule is C[C@H](NCc1ccc(C#N)s1)c1ccc(Cl)cc1. The molecule has 18 heavy (non-hydrogen) atoms. The lowest BCUT2D eigenvalue weighted by Crippen LogP contribution is -2.17.